The number of ether oxygens (including phenoxy) is 1. The maximum absolute atomic E-state index is 5.16. The van der Waals surface area contributed by atoms with Crippen molar-refractivity contribution >= 4 is 0 Å². The monoisotopic (exact) mass is 249 g/mol. The maximum atomic E-state index is 5.16. The van der Waals surface area contributed by atoms with Crippen LogP contribution in [0.4, 0.5) is 0 Å². The molecular formula is C16H27NO. The maximum Gasteiger partial charge on any atom is 0.118 e. The molecule has 2 nitrogen and oxygen atoms in total. The first kappa shape index (κ1) is 15.0. The Labute approximate surface area is 112 Å². The van der Waals surface area contributed by atoms with Crippen LogP contribution in [0.3, 0.4) is 0 Å². The van der Waals surface area contributed by atoms with Crippen molar-refractivity contribution in [3.63, 3.8) is 0 Å². The topological polar surface area (TPSA) is 21.3 Å². The minimum Gasteiger partial charge on any atom is -0.497 e. The number of unbranched alkanes of at least 4 members (excludes halogenated alkanes) is 1. The molecule has 0 fully saturated rings. The van der Waals surface area contributed by atoms with Gasteiger partial charge >= 0.3 is 0 Å². The van der Waals surface area contributed by atoms with Gasteiger partial charge in [-0.05, 0) is 49.9 Å². The third kappa shape index (κ3) is 5.54. The van der Waals surface area contributed by atoms with Gasteiger partial charge < -0.3 is 10.1 Å². The van der Waals surface area contributed by atoms with E-state index in [1.54, 1.807) is 7.11 Å². The molecule has 0 saturated carbocycles. The van der Waals surface area contributed by atoms with Crippen molar-refractivity contribution in [3.8, 4) is 5.75 Å². The molecule has 0 heterocycles. The summed E-state index contributed by atoms with van der Waals surface area (Å²) in [7, 11) is 1.71. The normalized spacial score (nSPS) is 12.4. The van der Waals surface area contributed by atoms with Crippen LogP contribution in [-0.2, 0) is 6.42 Å². The summed E-state index contributed by atoms with van der Waals surface area (Å²) in [5.74, 6) is 0.942. The fraction of sp³-hybridized carbons (Fsp3) is 0.625. The zero-order valence-corrected chi connectivity index (χ0v) is 12.0. The van der Waals surface area contributed by atoms with E-state index in [2.05, 4.69) is 31.3 Å². The highest BCUT2D eigenvalue weighted by Gasteiger charge is 2.03. The molecule has 0 aliphatic carbocycles. The number of benzene rings is 1. The number of rotatable bonds is 9. The van der Waals surface area contributed by atoms with E-state index in [9.17, 15) is 0 Å². The summed E-state index contributed by atoms with van der Waals surface area (Å²) in [5, 5.41) is 3.53. The summed E-state index contributed by atoms with van der Waals surface area (Å²) < 4.78 is 5.16. The molecule has 1 unspecified atom stereocenters. The lowest BCUT2D eigenvalue weighted by Gasteiger charge is -2.15. The molecule has 0 radical (unpaired) electrons. The highest BCUT2D eigenvalue weighted by atomic mass is 16.5. The van der Waals surface area contributed by atoms with Gasteiger partial charge in [-0.2, -0.15) is 0 Å². The quantitative estimate of drug-likeness (QED) is 0.672. The van der Waals surface area contributed by atoms with Crippen molar-refractivity contribution in [1.82, 2.24) is 5.32 Å². The average molecular weight is 249 g/mol. The van der Waals surface area contributed by atoms with Crippen LogP contribution in [-0.4, -0.2) is 19.7 Å². The number of methoxy groups -OCH3 is 1. The third-order valence-corrected chi connectivity index (χ3v) is 3.41. The van der Waals surface area contributed by atoms with E-state index >= 15 is 0 Å². The first-order chi connectivity index (χ1) is 8.80. The Morgan fingerprint density at radius 2 is 1.83 bits per heavy atom. The summed E-state index contributed by atoms with van der Waals surface area (Å²) in [6.07, 6.45) is 6.27. The molecule has 18 heavy (non-hydrogen) atoms. The smallest absolute Gasteiger partial charge is 0.118 e. The number of nitrogens with one attached hydrogen (secondary N) is 1. The molecule has 1 rings (SSSR count). The fourth-order valence-electron chi connectivity index (χ4n) is 2.25. The molecule has 1 N–H and O–H groups in total. The van der Waals surface area contributed by atoms with Gasteiger partial charge in [-0.1, -0.05) is 32.4 Å². The van der Waals surface area contributed by atoms with Gasteiger partial charge in [-0.15, -0.1) is 0 Å². The Balaban J connectivity index is 2.20. The minimum atomic E-state index is 0.700. The second-order valence-corrected chi connectivity index (χ2v) is 4.76. The van der Waals surface area contributed by atoms with Crippen molar-refractivity contribution in [1.29, 1.82) is 0 Å². The molecule has 0 bridgehead atoms. The van der Waals surface area contributed by atoms with E-state index in [1.807, 2.05) is 12.1 Å². The van der Waals surface area contributed by atoms with Crippen molar-refractivity contribution in [2.45, 2.75) is 52.0 Å². The van der Waals surface area contributed by atoms with E-state index in [-0.39, 0.29) is 0 Å². The molecule has 0 spiro atoms. The fourth-order valence-corrected chi connectivity index (χ4v) is 2.25. The second-order valence-electron chi connectivity index (χ2n) is 4.76. The molecule has 2 heteroatoms. The van der Waals surface area contributed by atoms with Gasteiger partial charge in [0.1, 0.15) is 5.75 Å². The van der Waals surface area contributed by atoms with E-state index < -0.39 is 0 Å². The highest BCUT2D eigenvalue weighted by molar-refractivity contribution is 5.27. The molecule has 0 aliphatic heterocycles. The molecule has 0 amide bonds. The Morgan fingerprint density at radius 1 is 1.11 bits per heavy atom. The Kier molecular flexibility index (Phi) is 7.51. The largest absolute Gasteiger partial charge is 0.497 e. The van der Waals surface area contributed by atoms with Crippen LogP contribution in [0.1, 0.15) is 45.1 Å². The molecule has 1 aromatic rings. The lowest BCUT2D eigenvalue weighted by atomic mass is 10.0. The molecule has 0 aromatic heterocycles. The zero-order chi connectivity index (χ0) is 13.2. The van der Waals surface area contributed by atoms with E-state index in [1.165, 1.54) is 37.7 Å². The van der Waals surface area contributed by atoms with Crippen molar-refractivity contribution in [3.05, 3.63) is 29.8 Å². The molecule has 1 atom stereocenters. The minimum absolute atomic E-state index is 0.700. The van der Waals surface area contributed by atoms with Gasteiger partial charge in [0.05, 0.1) is 7.11 Å². The van der Waals surface area contributed by atoms with Crippen LogP contribution in [0, 0.1) is 0 Å². The predicted octanol–water partition coefficient (Wildman–Crippen LogP) is 3.80. The van der Waals surface area contributed by atoms with Gasteiger partial charge in [0.2, 0.25) is 0 Å². The average Bonchev–Trinajstić information content (AvgIpc) is 2.43. The van der Waals surface area contributed by atoms with Crippen molar-refractivity contribution < 1.29 is 4.74 Å². The van der Waals surface area contributed by atoms with Gasteiger partial charge in [0.25, 0.3) is 0 Å². The lowest BCUT2D eigenvalue weighted by Crippen LogP contribution is -2.27. The van der Waals surface area contributed by atoms with Crippen molar-refractivity contribution in [2.24, 2.45) is 0 Å². The van der Waals surface area contributed by atoms with Crippen LogP contribution in [0.2, 0.25) is 0 Å². The summed E-state index contributed by atoms with van der Waals surface area (Å²) in [6, 6.07) is 9.12. The van der Waals surface area contributed by atoms with Gasteiger partial charge in [0, 0.05) is 6.04 Å². The summed E-state index contributed by atoms with van der Waals surface area (Å²) in [5.41, 5.74) is 1.41. The number of aryl methyl sites for hydroxylation is 1. The van der Waals surface area contributed by atoms with E-state index in [4.69, 9.17) is 4.74 Å². The van der Waals surface area contributed by atoms with Crippen LogP contribution >= 0.6 is 0 Å². The SMILES string of the molecule is CCNC(CC)CCCCc1ccc(OC)cc1. The van der Waals surface area contributed by atoms with Crippen LogP contribution in [0.25, 0.3) is 0 Å². The standard InChI is InChI=1S/C16H27NO/c1-4-15(17-5-2)9-7-6-8-14-10-12-16(18-3)13-11-14/h10-13,15,17H,4-9H2,1-3H3. The third-order valence-electron chi connectivity index (χ3n) is 3.41. The Bertz CT molecular complexity index is 307. The number of hydrogen-bond acceptors (Lipinski definition) is 2. The summed E-state index contributed by atoms with van der Waals surface area (Å²) in [4.78, 5) is 0. The van der Waals surface area contributed by atoms with Crippen molar-refractivity contribution in [2.75, 3.05) is 13.7 Å². The van der Waals surface area contributed by atoms with Crippen LogP contribution in [0.15, 0.2) is 24.3 Å². The molecule has 0 aliphatic rings. The van der Waals surface area contributed by atoms with Crippen LogP contribution in [0.5, 0.6) is 5.75 Å². The Hall–Kier alpha value is -1.02. The molecular weight excluding hydrogens is 222 g/mol. The van der Waals surface area contributed by atoms with E-state index in [0.717, 1.165) is 12.3 Å². The zero-order valence-electron chi connectivity index (χ0n) is 12.0. The first-order valence-corrected chi connectivity index (χ1v) is 7.16. The summed E-state index contributed by atoms with van der Waals surface area (Å²) >= 11 is 0. The highest BCUT2D eigenvalue weighted by Crippen LogP contribution is 2.14. The van der Waals surface area contributed by atoms with Crippen LogP contribution < -0.4 is 10.1 Å². The molecule has 102 valence electrons. The van der Waals surface area contributed by atoms with E-state index in [0.29, 0.717) is 6.04 Å². The molecule has 1 aromatic carbocycles. The number of hydrogen-bond donors (Lipinski definition) is 1. The summed E-state index contributed by atoms with van der Waals surface area (Å²) in [6.45, 7) is 5.52. The van der Waals surface area contributed by atoms with Gasteiger partial charge in [-0.25, -0.2) is 0 Å². The Morgan fingerprint density at radius 3 is 2.39 bits per heavy atom. The van der Waals surface area contributed by atoms with Gasteiger partial charge in [0.15, 0.2) is 0 Å². The second kappa shape index (κ2) is 8.98. The molecule has 0 saturated heterocycles. The first-order valence-electron chi connectivity index (χ1n) is 7.16. The lowest BCUT2D eigenvalue weighted by molar-refractivity contribution is 0.414. The predicted molar refractivity (Wildman–Crippen MR) is 78.3 cm³/mol. The van der Waals surface area contributed by atoms with Gasteiger partial charge in [-0.3, -0.25) is 0 Å².